The Labute approximate surface area is 87.7 Å². The molecule has 0 saturated carbocycles. The molecule has 1 atom stereocenters. The highest BCUT2D eigenvalue weighted by molar-refractivity contribution is 6.30. The van der Waals surface area contributed by atoms with Crippen molar-refractivity contribution >= 4 is 17.5 Å². The average molecular weight is 214 g/mol. The predicted molar refractivity (Wildman–Crippen MR) is 55.5 cm³/mol. The Morgan fingerprint density at radius 3 is 2.93 bits per heavy atom. The van der Waals surface area contributed by atoms with Crippen LogP contribution in [0.2, 0.25) is 5.02 Å². The fraction of sp³-hybridized carbons (Fsp3) is 0.300. The van der Waals surface area contributed by atoms with Crippen molar-refractivity contribution in [3.05, 3.63) is 34.9 Å². The highest BCUT2D eigenvalue weighted by Gasteiger charge is 2.08. The molecule has 76 valence electrons. The van der Waals surface area contributed by atoms with E-state index in [2.05, 4.69) is 5.32 Å². The second-order valence-corrected chi connectivity index (χ2v) is 3.50. The third kappa shape index (κ3) is 3.01. The summed E-state index contributed by atoms with van der Waals surface area (Å²) in [7, 11) is 0. The second-order valence-electron chi connectivity index (χ2n) is 3.07. The molecule has 4 heteroatoms. The molecule has 0 heterocycles. The van der Waals surface area contributed by atoms with Crippen molar-refractivity contribution < 1.29 is 9.90 Å². The van der Waals surface area contributed by atoms with Gasteiger partial charge in [-0.2, -0.15) is 0 Å². The lowest BCUT2D eigenvalue weighted by atomic mass is 10.2. The van der Waals surface area contributed by atoms with Crippen LogP contribution in [0.4, 0.5) is 0 Å². The van der Waals surface area contributed by atoms with Crippen LogP contribution in [-0.4, -0.2) is 23.7 Å². The molecule has 14 heavy (non-hydrogen) atoms. The van der Waals surface area contributed by atoms with Gasteiger partial charge in [0.15, 0.2) is 0 Å². The van der Waals surface area contributed by atoms with Crippen LogP contribution in [0.5, 0.6) is 0 Å². The maximum atomic E-state index is 11.5. The van der Waals surface area contributed by atoms with E-state index in [1.54, 1.807) is 31.2 Å². The molecule has 0 radical (unpaired) electrons. The zero-order valence-electron chi connectivity index (χ0n) is 7.83. The highest BCUT2D eigenvalue weighted by atomic mass is 35.5. The van der Waals surface area contributed by atoms with Crippen molar-refractivity contribution in [1.29, 1.82) is 0 Å². The van der Waals surface area contributed by atoms with E-state index >= 15 is 0 Å². The van der Waals surface area contributed by atoms with Crippen LogP contribution >= 0.6 is 11.6 Å². The fourth-order valence-corrected chi connectivity index (χ4v) is 1.17. The Hall–Kier alpha value is -1.06. The SMILES string of the molecule is C[C@H](CO)NC(=O)c1cccc(Cl)c1. The Bertz CT molecular complexity index is 328. The predicted octanol–water partition coefficient (Wildman–Crippen LogP) is 1.45. The van der Waals surface area contributed by atoms with Gasteiger partial charge in [-0.25, -0.2) is 0 Å². The van der Waals surface area contributed by atoms with Crippen LogP contribution in [0.15, 0.2) is 24.3 Å². The van der Waals surface area contributed by atoms with Gasteiger partial charge in [-0.1, -0.05) is 17.7 Å². The zero-order valence-corrected chi connectivity index (χ0v) is 8.58. The normalized spacial score (nSPS) is 12.2. The topological polar surface area (TPSA) is 49.3 Å². The summed E-state index contributed by atoms with van der Waals surface area (Å²) in [6.45, 7) is 1.65. The summed E-state index contributed by atoms with van der Waals surface area (Å²) in [5.41, 5.74) is 0.498. The smallest absolute Gasteiger partial charge is 0.251 e. The first-order valence-electron chi connectivity index (χ1n) is 4.30. The minimum Gasteiger partial charge on any atom is -0.394 e. The molecule has 0 aromatic heterocycles. The molecule has 0 aliphatic carbocycles. The van der Waals surface area contributed by atoms with Gasteiger partial charge in [0, 0.05) is 16.6 Å². The Kier molecular flexibility index (Phi) is 3.92. The van der Waals surface area contributed by atoms with Crippen LogP contribution in [-0.2, 0) is 0 Å². The van der Waals surface area contributed by atoms with Crippen LogP contribution in [0.1, 0.15) is 17.3 Å². The number of carbonyl (C=O) groups is 1. The average Bonchev–Trinajstić information content (AvgIpc) is 2.17. The molecule has 1 aromatic carbocycles. The summed E-state index contributed by atoms with van der Waals surface area (Å²) < 4.78 is 0. The number of hydrogen-bond acceptors (Lipinski definition) is 2. The summed E-state index contributed by atoms with van der Waals surface area (Å²) >= 11 is 5.73. The molecule has 1 aromatic rings. The maximum absolute atomic E-state index is 11.5. The van der Waals surface area contributed by atoms with E-state index in [1.165, 1.54) is 0 Å². The molecule has 3 nitrogen and oxygen atoms in total. The quantitative estimate of drug-likeness (QED) is 0.799. The monoisotopic (exact) mass is 213 g/mol. The van der Waals surface area contributed by atoms with E-state index < -0.39 is 0 Å². The number of amides is 1. The first kappa shape index (κ1) is 11.0. The molecule has 0 unspecified atom stereocenters. The number of halogens is 1. The van der Waals surface area contributed by atoms with Crippen LogP contribution < -0.4 is 5.32 Å². The van der Waals surface area contributed by atoms with Crippen molar-refractivity contribution in [3.8, 4) is 0 Å². The van der Waals surface area contributed by atoms with Crippen molar-refractivity contribution in [1.82, 2.24) is 5.32 Å². The van der Waals surface area contributed by atoms with Gasteiger partial charge in [-0.05, 0) is 25.1 Å². The van der Waals surface area contributed by atoms with Crippen LogP contribution in [0, 0.1) is 0 Å². The lowest BCUT2D eigenvalue weighted by Gasteiger charge is -2.10. The summed E-state index contributed by atoms with van der Waals surface area (Å²) in [5.74, 6) is -0.228. The molecule has 0 saturated heterocycles. The minimum absolute atomic E-state index is 0.0771. The standard InChI is InChI=1S/C10H12ClNO2/c1-7(6-13)12-10(14)8-3-2-4-9(11)5-8/h2-5,7,13H,6H2,1H3,(H,12,14)/t7-/m1/s1. The number of benzene rings is 1. The number of carbonyl (C=O) groups excluding carboxylic acids is 1. The van der Waals surface area contributed by atoms with E-state index in [9.17, 15) is 4.79 Å². The van der Waals surface area contributed by atoms with Gasteiger partial charge in [0.2, 0.25) is 0 Å². The highest BCUT2D eigenvalue weighted by Crippen LogP contribution is 2.10. The number of hydrogen-bond donors (Lipinski definition) is 2. The molecule has 0 fully saturated rings. The van der Waals surface area contributed by atoms with Crippen molar-refractivity contribution in [2.24, 2.45) is 0 Å². The third-order valence-electron chi connectivity index (χ3n) is 1.74. The summed E-state index contributed by atoms with van der Waals surface area (Å²) in [6.07, 6.45) is 0. The molecule has 2 N–H and O–H groups in total. The zero-order chi connectivity index (χ0) is 10.6. The van der Waals surface area contributed by atoms with Crippen LogP contribution in [0.25, 0.3) is 0 Å². The Morgan fingerprint density at radius 2 is 2.36 bits per heavy atom. The Balaban J connectivity index is 2.70. The molecular weight excluding hydrogens is 202 g/mol. The molecule has 1 rings (SSSR count). The first-order chi connectivity index (χ1) is 6.63. The van der Waals surface area contributed by atoms with Crippen molar-refractivity contribution in [3.63, 3.8) is 0 Å². The van der Waals surface area contributed by atoms with Gasteiger partial charge in [-0.3, -0.25) is 4.79 Å². The van der Waals surface area contributed by atoms with Gasteiger partial charge < -0.3 is 10.4 Å². The maximum Gasteiger partial charge on any atom is 0.251 e. The number of aliphatic hydroxyl groups excluding tert-OH is 1. The molecule has 0 aliphatic rings. The molecule has 0 bridgehead atoms. The number of rotatable bonds is 3. The lowest BCUT2D eigenvalue weighted by molar-refractivity contribution is 0.0922. The van der Waals surface area contributed by atoms with Gasteiger partial charge in [-0.15, -0.1) is 0 Å². The van der Waals surface area contributed by atoms with E-state index in [0.717, 1.165) is 0 Å². The third-order valence-corrected chi connectivity index (χ3v) is 1.97. The summed E-state index contributed by atoms with van der Waals surface area (Å²) in [4.78, 5) is 11.5. The number of aliphatic hydroxyl groups is 1. The Morgan fingerprint density at radius 1 is 1.64 bits per heavy atom. The van der Waals surface area contributed by atoms with Gasteiger partial charge in [0.1, 0.15) is 0 Å². The van der Waals surface area contributed by atoms with Gasteiger partial charge >= 0.3 is 0 Å². The van der Waals surface area contributed by atoms with E-state index in [-0.39, 0.29) is 18.6 Å². The molecule has 0 aliphatic heterocycles. The van der Waals surface area contributed by atoms with E-state index in [4.69, 9.17) is 16.7 Å². The fourth-order valence-electron chi connectivity index (χ4n) is 0.982. The second kappa shape index (κ2) is 4.98. The minimum atomic E-state index is -0.249. The lowest BCUT2D eigenvalue weighted by Crippen LogP contribution is -2.34. The van der Waals surface area contributed by atoms with Crippen molar-refractivity contribution in [2.45, 2.75) is 13.0 Å². The summed E-state index contributed by atoms with van der Waals surface area (Å²) in [5, 5.41) is 11.9. The van der Waals surface area contributed by atoms with E-state index in [0.29, 0.717) is 10.6 Å². The van der Waals surface area contributed by atoms with Gasteiger partial charge in [0.25, 0.3) is 5.91 Å². The largest absolute Gasteiger partial charge is 0.394 e. The van der Waals surface area contributed by atoms with E-state index in [1.807, 2.05) is 0 Å². The summed E-state index contributed by atoms with van der Waals surface area (Å²) in [6, 6.07) is 6.42. The van der Waals surface area contributed by atoms with Crippen LogP contribution in [0.3, 0.4) is 0 Å². The van der Waals surface area contributed by atoms with Gasteiger partial charge in [0.05, 0.1) is 6.61 Å². The molecule has 1 amide bonds. The molecule has 0 spiro atoms. The van der Waals surface area contributed by atoms with Crippen molar-refractivity contribution in [2.75, 3.05) is 6.61 Å². The molecular formula is C10H12ClNO2. The number of nitrogens with one attached hydrogen (secondary N) is 1. The first-order valence-corrected chi connectivity index (χ1v) is 4.68.